The highest BCUT2D eigenvalue weighted by molar-refractivity contribution is 7.18. The molecule has 7 nitrogen and oxygen atoms in total. The number of imide groups is 1. The van der Waals surface area contributed by atoms with E-state index in [1.807, 2.05) is 24.3 Å². The molecule has 1 aliphatic heterocycles. The predicted molar refractivity (Wildman–Crippen MR) is 122 cm³/mol. The fourth-order valence-electron chi connectivity index (χ4n) is 4.17. The molecule has 0 N–H and O–H groups in total. The monoisotopic (exact) mass is 469 g/mol. The molecule has 2 heterocycles. The first-order valence-corrected chi connectivity index (χ1v) is 11.3. The van der Waals surface area contributed by atoms with E-state index in [2.05, 4.69) is 4.98 Å². The third kappa shape index (κ3) is 4.38. The minimum atomic E-state index is -1.59. The summed E-state index contributed by atoms with van der Waals surface area (Å²) in [5.74, 6) is -2.00. The number of amides is 3. The van der Waals surface area contributed by atoms with Crippen molar-refractivity contribution < 1.29 is 23.5 Å². The van der Waals surface area contributed by atoms with E-state index < -0.39 is 23.0 Å². The number of ether oxygens (including phenoxy) is 1. The van der Waals surface area contributed by atoms with Crippen molar-refractivity contribution in [3.05, 3.63) is 64.9 Å². The zero-order valence-electron chi connectivity index (χ0n) is 18.4. The molecule has 3 aromatic rings. The lowest BCUT2D eigenvalue weighted by Gasteiger charge is -2.29. The van der Waals surface area contributed by atoms with Crippen LogP contribution in [-0.2, 0) is 31.1 Å². The number of para-hydroxylation sites is 1. The van der Waals surface area contributed by atoms with Crippen LogP contribution in [0.3, 0.4) is 0 Å². The van der Waals surface area contributed by atoms with Gasteiger partial charge in [0.05, 0.1) is 35.3 Å². The first kappa shape index (κ1) is 23.0. The van der Waals surface area contributed by atoms with Gasteiger partial charge >= 0.3 is 0 Å². The molecule has 0 spiro atoms. The lowest BCUT2D eigenvalue weighted by atomic mass is 9.75. The Balaban J connectivity index is 1.61. The third-order valence-electron chi connectivity index (χ3n) is 5.91. The van der Waals surface area contributed by atoms with Crippen molar-refractivity contribution in [3.63, 3.8) is 0 Å². The van der Waals surface area contributed by atoms with Gasteiger partial charge in [0.2, 0.25) is 17.7 Å². The topological polar surface area (TPSA) is 79.8 Å². The Hall–Kier alpha value is -3.17. The lowest BCUT2D eigenvalue weighted by Crippen LogP contribution is -2.43. The van der Waals surface area contributed by atoms with E-state index in [0.29, 0.717) is 0 Å². The summed E-state index contributed by atoms with van der Waals surface area (Å²) in [4.78, 5) is 46.5. The normalized spacial score (nSPS) is 18.3. The third-order valence-corrected chi connectivity index (χ3v) is 6.93. The minimum Gasteiger partial charge on any atom is -0.383 e. The zero-order chi connectivity index (χ0) is 23.6. The average Bonchev–Trinajstić information content (AvgIpc) is 3.30. The molecule has 33 heavy (non-hydrogen) atoms. The van der Waals surface area contributed by atoms with Crippen LogP contribution < -0.4 is 0 Å². The van der Waals surface area contributed by atoms with E-state index in [9.17, 15) is 18.8 Å². The molecule has 0 unspecified atom stereocenters. The molecule has 1 fully saturated rings. The number of hydrogen-bond acceptors (Lipinski definition) is 6. The van der Waals surface area contributed by atoms with Crippen LogP contribution in [0, 0.1) is 5.82 Å². The molecule has 3 amide bonds. The van der Waals surface area contributed by atoms with Crippen LogP contribution in [0.2, 0.25) is 0 Å². The first-order valence-electron chi connectivity index (χ1n) is 10.5. The molecule has 0 bridgehead atoms. The van der Waals surface area contributed by atoms with E-state index in [1.165, 1.54) is 41.5 Å². The number of aromatic nitrogens is 1. The summed E-state index contributed by atoms with van der Waals surface area (Å²) >= 11 is 1.49. The molecule has 172 valence electrons. The highest BCUT2D eigenvalue weighted by Crippen LogP contribution is 2.41. The summed E-state index contributed by atoms with van der Waals surface area (Å²) in [6, 6.07) is 13.5. The van der Waals surface area contributed by atoms with Gasteiger partial charge in [-0.25, -0.2) is 9.37 Å². The molecule has 4 rings (SSSR count). The predicted octanol–water partition coefficient (Wildman–Crippen LogP) is 3.13. The summed E-state index contributed by atoms with van der Waals surface area (Å²) in [7, 11) is 3.09. The van der Waals surface area contributed by atoms with Crippen molar-refractivity contribution in [1.82, 2.24) is 14.8 Å². The Morgan fingerprint density at radius 1 is 1.21 bits per heavy atom. The molecule has 0 aliphatic carbocycles. The van der Waals surface area contributed by atoms with Gasteiger partial charge in [0.25, 0.3) is 0 Å². The molecule has 0 saturated carbocycles. The van der Waals surface area contributed by atoms with Crippen LogP contribution in [0.1, 0.15) is 23.4 Å². The van der Waals surface area contributed by atoms with Crippen molar-refractivity contribution in [1.29, 1.82) is 0 Å². The molecule has 1 aliphatic rings. The van der Waals surface area contributed by atoms with Gasteiger partial charge in [0.1, 0.15) is 10.8 Å². The minimum absolute atomic E-state index is 0.0557. The standard InChI is InChI=1S/C24H24FN3O4S/c1-27(15-20-26-18-9-5-6-10-19(18)33-20)21(29)13-24(16-7-3-4-8-17(16)25)14-22(30)28(23(24)31)11-12-32-2/h3-10H,11-15H2,1-2H3/t24-/m0/s1. The maximum absolute atomic E-state index is 14.8. The number of methoxy groups -OCH3 is 1. The second-order valence-electron chi connectivity index (χ2n) is 8.08. The number of benzene rings is 2. The maximum Gasteiger partial charge on any atom is 0.241 e. The highest BCUT2D eigenvalue weighted by atomic mass is 32.1. The number of thiazole rings is 1. The quantitative estimate of drug-likeness (QED) is 0.474. The molecule has 1 atom stereocenters. The summed E-state index contributed by atoms with van der Waals surface area (Å²) in [6.45, 7) is 0.470. The molecule has 2 aromatic carbocycles. The van der Waals surface area contributed by atoms with Crippen LogP contribution in [0.4, 0.5) is 4.39 Å². The Bertz CT molecular complexity index is 1180. The lowest BCUT2D eigenvalue weighted by molar-refractivity contribution is -0.143. The molecule has 1 saturated heterocycles. The zero-order valence-corrected chi connectivity index (χ0v) is 19.2. The Labute approximate surface area is 194 Å². The Morgan fingerprint density at radius 2 is 1.94 bits per heavy atom. The van der Waals surface area contributed by atoms with E-state index in [4.69, 9.17) is 4.74 Å². The number of hydrogen-bond donors (Lipinski definition) is 0. The van der Waals surface area contributed by atoms with Crippen LogP contribution in [0.15, 0.2) is 48.5 Å². The first-order chi connectivity index (χ1) is 15.9. The fourth-order valence-corrected chi connectivity index (χ4v) is 5.20. The van der Waals surface area contributed by atoms with Crippen LogP contribution >= 0.6 is 11.3 Å². The number of likely N-dealkylation sites (tertiary alicyclic amines) is 1. The number of carbonyl (C=O) groups excluding carboxylic acids is 3. The van der Waals surface area contributed by atoms with Gasteiger partial charge < -0.3 is 9.64 Å². The van der Waals surface area contributed by atoms with E-state index in [-0.39, 0.29) is 44.0 Å². The molecular formula is C24H24FN3O4S. The largest absolute Gasteiger partial charge is 0.383 e. The fraction of sp³-hybridized carbons (Fsp3) is 0.333. The van der Waals surface area contributed by atoms with Gasteiger partial charge in [-0.15, -0.1) is 11.3 Å². The van der Waals surface area contributed by atoms with Gasteiger partial charge in [0.15, 0.2) is 0 Å². The second-order valence-corrected chi connectivity index (χ2v) is 9.20. The number of rotatable bonds is 8. The van der Waals surface area contributed by atoms with Crippen LogP contribution in [-0.4, -0.2) is 59.8 Å². The number of carbonyl (C=O) groups is 3. The summed E-state index contributed by atoms with van der Waals surface area (Å²) in [6.07, 6.45) is -0.583. The van der Waals surface area contributed by atoms with E-state index in [1.54, 1.807) is 13.1 Å². The highest BCUT2D eigenvalue weighted by Gasteiger charge is 2.54. The number of nitrogens with zero attached hydrogens (tertiary/aromatic N) is 3. The average molecular weight is 470 g/mol. The number of halogens is 1. The smallest absolute Gasteiger partial charge is 0.241 e. The Kier molecular flexibility index (Phi) is 6.53. The van der Waals surface area contributed by atoms with E-state index in [0.717, 1.165) is 20.1 Å². The second kappa shape index (κ2) is 9.36. The molecule has 0 radical (unpaired) electrons. The maximum atomic E-state index is 14.8. The van der Waals surface area contributed by atoms with Crippen LogP contribution in [0.25, 0.3) is 10.2 Å². The van der Waals surface area contributed by atoms with Gasteiger partial charge in [-0.1, -0.05) is 30.3 Å². The van der Waals surface area contributed by atoms with Gasteiger partial charge in [-0.05, 0) is 18.2 Å². The SMILES string of the molecule is COCCN1C(=O)C[C@@](CC(=O)N(C)Cc2nc3ccccc3s2)(c2ccccc2F)C1=O. The summed E-state index contributed by atoms with van der Waals surface area (Å²) in [5, 5.41) is 0.752. The van der Waals surface area contributed by atoms with Crippen molar-refractivity contribution in [3.8, 4) is 0 Å². The molecule has 9 heteroatoms. The van der Waals surface area contributed by atoms with Gasteiger partial charge in [-0.2, -0.15) is 0 Å². The molecular weight excluding hydrogens is 445 g/mol. The number of fused-ring (bicyclic) bond motifs is 1. The Morgan fingerprint density at radius 3 is 2.67 bits per heavy atom. The van der Waals surface area contributed by atoms with Crippen molar-refractivity contribution in [2.24, 2.45) is 0 Å². The van der Waals surface area contributed by atoms with Crippen molar-refractivity contribution in [2.75, 3.05) is 27.3 Å². The van der Waals surface area contributed by atoms with Crippen LogP contribution in [0.5, 0.6) is 0 Å². The van der Waals surface area contributed by atoms with Crippen molar-refractivity contribution in [2.45, 2.75) is 24.8 Å². The summed E-state index contributed by atoms with van der Waals surface area (Å²) in [5.41, 5.74) is -0.675. The van der Waals surface area contributed by atoms with Gasteiger partial charge in [-0.3, -0.25) is 19.3 Å². The van der Waals surface area contributed by atoms with Gasteiger partial charge in [0, 0.05) is 32.6 Å². The molecule has 1 aromatic heterocycles. The summed E-state index contributed by atoms with van der Waals surface area (Å²) < 4.78 is 20.9. The van der Waals surface area contributed by atoms with Crippen molar-refractivity contribution >= 4 is 39.3 Å². The van der Waals surface area contributed by atoms with E-state index >= 15 is 0 Å².